The molecule has 1 aromatic heterocycles. The average molecular weight is 266 g/mol. The molecule has 0 aliphatic heterocycles. The summed E-state index contributed by atoms with van der Waals surface area (Å²) in [5.41, 5.74) is 3.72. The molecule has 0 saturated carbocycles. The molecule has 90 valence electrons. The van der Waals surface area contributed by atoms with E-state index in [1.54, 1.807) is 11.3 Å². The maximum Gasteiger partial charge on any atom is 0.0584 e. The summed E-state index contributed by atoms with van der Waals surface area (Å²) < 4.78 is 0. The van der Waals surface area contributed by atoms with E-state index in [-0.39, 0.29) is 6.04 Å². The van der Waals surface area contributed by atoms with E-state index < -0.39 is 0 Å². The highest BCUT2D eigenvalue weighted by Crippen LogP contribution is 2.27. The topological polar surface area (TPSA) is 12.0 Å². The molecule has 2 rings (SSSR count). The van der Waals surface area contributed by atoms with Gasteiger partial charge in [-0.15, -0.1) is 0 Å². The third kappa shape index (κ3) is 2.89. The Morgan fingerprint density at radius 3 is 2.71 bits per heavy atom. The molecule has 0 bridgehead atoms. The highest BCUT2D eigenvalue weighted by molar-refractivity contribution is 7.08. The molecule has 3 heteroatoms. The first kappa shape index (κ1) is 12.6. The Hall–Kier alpha value is -0.830. The van der Waals surface area contributed by atoms with Gasteiger partial charge in [0.2, 0.25) is 0 Å². The van der Waals surface area contributed by atoms with E-state index in [1.807, 2.05) is 13.0 Å². The molecule has 0 amide bonds. The monoisotopic (exact) mass is 265 g/mol. The number of aryl methyl sites for hydroxylation is 1. The van der Waals surface area contributed by atoms with Crippen LogP contribution >= 0.6 is 22.9 Å². The predicted molar refractivity (Wildman–Crippen MR) is 76.0 cm³/mol. The number of benzene rings is 1. The lowest BCUT2D eigenvalue weighted by atomic mass is 9.99. The number of nitrogens with one attached hydrogen (secondary N) is 1. The molecule has 1 nitrogen and oxygen atoms in total. The van der Waals surface area contributed by atoms with Crippen molar-refractivity contribution < 1.29 is 0 Å². The van der Waals surface area contributed by atoms with E-state index in [1.165, 1.54) is 11.1 Å². The fraction of sp³-hybridized carbons (Fsp3) is 0.286. The van der Waals surface area contributed by atoms with Crippen LogP contribution < -0.4 is 5.32 Å². The molecule has 0 aliphatic rings. The molecule has 0 spiro atoms. The van der Waals surface area contributed by atoms with E-state index >= 15 is 0 Å². The van der Waals surface area contributed by atoms with Crippen LogP contribution in [0.2, 0.25) is 5.02 Å². The van der Waals surface area contributed by atoms with Gasteiger partial charge in [0.1, 0.15) is 0 Å². The molecule has 1 aromatic carbocycles. The summed E-state index contributed by atoms with van der Waals surface area (Å²) >= 11 is 7.80. The Labute approximate surface area is 111 Å². The van der Waals surface area contributed by atoms with Crippen molar-refractivity contribution in [3.8, 4) is 0 Å². The second-order valence-electron chi connectivity index (χ2n) is 4.06. The molecule has 0 fully saturated rings. The van der Waals surface area contributed by atoms with Crippen LogP contribution in [0, 0.1) is 6.92 Å². The lowest BCUT2D eigenvalue weighted by Gasteiger charge is -2.18. The summed E-state index contributed by atoms with van der Waals surface area (Å²) in [7, 11) is 0. The van der Waals surface area contributed by atoms with Gasteiger partial charge in [-0.25, -0.2) is 0 Å². The molecule has 1 atom stereocenters. The summed E-state index contributed by atoms with van der Waals surface area (Å²) in [6.07, 6.45) is 0. The van der Waals surface area contributed by atoms with E-state index in [2.05, 4.69) is 41.2 Å². The van der Waals surface area contributed by atoms with Gasteiger partial charge >= 0.3 is 0 Å². The highest BCUT2D eigenvalue weighted by Gasteiger charge is 2.13. The van der Waals surface area contributed by atoms with Gasteiger partial charge in [0.25, 0.3) is 0 Å². The van der Waals surface area contributed by atoms with Gasteiger partial charge in [0, 0.05) is 5.02 Å². The van der Waals surface area contributed by atoms with Crippen LogP contribution in [-0.4, -0.2) is 6.54 Å². The Balaban J connectivity index is 2.35. The van der Waals surface area contributed by atoms with Gasteiger partial charge < -0.3 is 5.32 Å². The Morgan fingerprint density at radius 2 is 2.12 bits per heavy atom. The normalized spacial score (nSPS) is 12.6. The number of hydrogen-bond donors (Lipinski definition) is 1. The van der Waals surface area contributed by atoms with Crippen LogP contribution in [0.1, 0.15) is 29.7 Å². The lowest BCUT2D eigenvalue weighted by Crippen LogP contribution is -2.21. The van der Waals surface area contributed by atoms with Gasteiger partial charge in [-0.1, -0.05) is 30.7 Å². The van der Waals surface area contributed by atoms with Crippen LogP contribution in [0.3, 0.4) is 0 Å². The van der Waals surface area contributed by atoms with E-state index in [9.17, 15) is 0 Å². The SMILES string of the molecule is CCNC(c1ccsc1)c1ccc(Cl)c(C)c1. The minimum atomic E-state index is 0.266. The van der Waals surface area contributed by atoms with Gasteiger partial charge in [-0.2, -0.15) is 11.3 Å². The van der Waals surface area contributed by atoms with Crippen LogP contribution in [0.5, 0.6) is 0 Å². The molecule has 1 N–H and O–H groups in total. The first-order valence-electron chi connectivity index (χ1n) is 5.74. The minimum absolute atomic E-state index is 0.266. The third-order valence-electron chi connectivity index (χ3n) is 2.80. The molecule has 2 aromatic rings. The van der Waals surface area contributed by atoms with Crippen molar-refractivity contribution in [3.63, 3.8) is 0 Å². The van der Waals surface area contributed by atoms with Crippen molar-refractivity contribution in [2.45, 2.75) is 19.9 Å². The van der Waals surface area contributed by atoms with Crippen LogP contribution in [-0.2, 0) is 0 Å². The summed E-state index contributed by atoms with van der Waals surface area (Å²) in [4.78, 5) is 0. The second-order valence-corrected chi connectivity index (χ2v) is 5.24. The number of halogens is 1. The van der Waals surface area contributed by atoms with Gasteiger partial charge in [-0.3, -0.25) is 0 Å². The molecule has 1 unspecified atom stereocenters. The maximum absolute atomic E-state index is 6.07. The van der Waals surface area contributed by atoms with Crippen molar-refractivity contribution in [2.75, 3.05) is 6.54 Å². The van der Waals surface area contributed by atoms with Crippen molar-refractivity contribution >= 4 is 22.9 Å². The maximum atomic E-state index is 6.07. The van der Waals surface area contributed by atoms with Crippen molar-refractivity contribution in [3.05, 3.63) is 56.7 Å². The Kier molecular flexibility index (Phi) is 4.21. The molecule has 0 saturated heterocycles. The van der Waals surface area contributed by atoms with Crippen LogP contribution in [0.4, 0.5) is 0 Å². The Morgan fingerprint density at radius 1 is 1.29 bits per heavy atom. The van der Waals surface area contributed by atoms with Gasteiger partial charge in [0.15, 0.2) is 0 Å². The molecule has 0 aliphatic carbocycles. The quantitative estimate of drug-likeness (QED) is 0.864. The minimum Gasteiger partial charge on any atom is -0.307 e. The fourth-order valence-electron chi connectivity index (χ4n) is 1.92. The number of rotatable bonds is 4. The van der Waals surface area contributed by atoms with Crippen LogP contribution in [0.25, 0.3) is 0 Å². The van der Waals surface area contributed by atoms with Gasteiger partial charge in [0.05, 0.1) is 6.04 Å². The molecule has 17 heavy (non-hydrogen) atoms. The van der Waals surface area contributed by atoms with Crippen LogP contribution in [0.15, 0.2) is 35.0 Å². The van der Waals surface area contributed by atoms with E-state index in [0.717, 1.165) is 17.1 Å². The lowest BCUT2D eigenvalue weighted by molar-refractivity contribution is 0.632. The summed E-state index contributed by atoms with van der Waals surface area (Å²) in [6, 6.07) is 8.67. The largest absolute Gasteiger partial charge is 0.307 e. The summed E-state index contributed by atoms with van der Waals surface area (Å²) in [5.74, 6) is 0. The Bertz CT molecular complexity index is 479. The molecular weight excluding hydrogens is 250 g/mol. The van der Waals surface area contributed by atoms with Crippen molar-refractivity contribution in [1.82, 2.24) is 5.32 Å². The molecular formula is C14H16ClNS. The average Bonchev–Trinajstić information content (AvgIpc) is 2.83. The zero-order valence-electron chi connectivity index (χ0n) is 10.0. The second kappa shape index (κ2) is 5.67. The summed E-state index contributed by atoms with van der Waals surface area (Å²) in [6.45, 7) is 5.12. The highest BCUT2D eigenvalue weighted by atomic mass is 35.5. The molecule has 0 radical (unpaired) electrons. The smallest absolute Gasteiger partial charge is 0.0584 e. The van der Waals surface area contributed by atoms with Crippen molar-refractivity contribution in [1.29, 1.82) is 0 Å². The van der Waals surface area contributed by atoms with E-state index in [0.29, 0.717) is 0 Å². The van der Waals surface area contributed by atoms with Crippen molar-refractivity contribution in [2.24, 2.45) is 0 Å². The predicted octanol–water partition coefficient (Wildman–Crippen LogP) is 4.41. The fourth-order valence-corrected chi connectivity index (χ4v) is 2.72. The first-order valence-corrected chi connectivity index (χ1v) is 7.06. The van der Waals surface area contributed by atoms with E-state index in [4.69, 9.17) is 11.6 Å². The summed E-state index contributed by atoms with van der Waals surface area (Å²) in [5, 5.41) is 8.64. The standard InChI is InChI=1S/C14H16ClNS/c1-3-16-14(12-6-7-17-9-12)11-4-5-13(15)10(2)8-11/h4-9,14,16H,3H2,1-2H3. The zero-order chi connectivity index (χ0) is 12.3. The molecule has 1 heterocycles. The zero-order valence-corrected chi connectivity index (χ0v) is 11.6. The first-order chi connectivity index (χ1) is 8.22. The van der Waals surface area contributed by atoms with Gasteiger partial charge in [-0.05, 0) is 53.1 Å². The third-order valence-corrected chi connectivity index (χ3v) is 3.93. The number of hydrogen-bond acceptors (Lipinski definition) is 2. The number of thiophene rings is 1.